The van der Waals surface area contributed by atoms with E-state index in [1.807, 2.05) is 12.1 Å². The molecule has 5 nitrogen and oxygen atoms in total. The van der Waals surface area contributed by atoms with E-state index in [1.54, 1.807) is 0 Å². The van der Waals surface area contributed by atoms with Crippen molar-refractivity contribution in [2.24, 2.45) is 0 Å². The van der Waals surface area contributed by atoms with Gasteiger partial charge in [-0.2, -0.15) is 0 Å². The van der Waals surface area contributed by atoms with E-state index < -0.39 is 0 Å². The molecule has 0 bridgehead atoms. The number of fused-ring (bicyclic) bond motifs is 12. The number of rotatable bonds is 2. The monoisotopic (exact) mass is 538 g/mol. The Kier molecular flexibility index (Phi) is 4.12. The molecule has 10 aromatic rings. The number of nitrogens with zero attached hydrogens (tertiary/aromatic N) is 4. The van der Waals surface area contributed by atoms with Gasteiger partial charge in [0.2, 0.25) is 5.78 Å². The van der Waals surface area contributed by atoms with Gasteiger partial charge in [-0.05, 0) is 54.6 Å². The minimum Gasteiger partial charge on any atom is -0.454 e. The summed E-state index contributed by atoms with van der Waals surface area (Å²) < 4.78 is 13.4. The van der Waals surface area contributed by atoms with Gasteiger partial charge in [0.1, 0.15) is 11.1 Å². The van der Waals surface area contributed by atoms with Gasteiger partial charge in [-0.1, -0.05) is 78.9 Å². The maximum absolute atomic E-state index is 6.55. The van der Waals surface area contributed by atoms with E-state index in [0.717, 1.165) is 72.2 Å². The first-order chi connectivity index (χ1) is 20.9. The van der Waals surface area contributed by atoms with Crippen LogP contribution in [-0.4, -0.2) is 18.5 Å². The van der Waals surface area contributed by atoms with Crippen LogP contribution in [0.15, 0.2) is 138 Å². The highest BCUT2D eigenvalue weighted by Crippen LogP contribution is 2.41. The van der Waals surface area contributed by atoms with E-state index in [0.29, 0.717) is 0 Å². The number of hydrogen-bond donors (Lipinski definition) is 0. The molecule has 42 heavy (non-hydrogen) atoms. The molecule has 0 spiro atoms. The molecule has 0 saturated carbocycles. The zero-order valence-electron chi connectivity index (χ0n) is 22.4. The Hall–Kier alpha value is -5.81. The lowest BCUT2D eigenvalue weighted by Crippen LogP contribution is -1.96. The zero-order chi connectivity index (χ0) is 27.4. The molecule has 0 aliphatic carbocycles. The van der Waals surface area contributed by atoms with Crippen LogP contribution in [0, 0.1) is 0 Å². The molecule has 10 rings (SSSR count). The molecule has 6 aromatic carbocycles. The van der Waals surface area contributed by atoms with E-state index in [9.17, 15) is 0 Å². The van der Waals surface area contributed by atoms with E-state index in [1.165, 1.54) is 10.8 Å². The first-order valence-electron chi connectivity index (χ1n) is 14.2. The van der Waals surface area contributed by atoms with Gasteiger partial charge < -0.3 is 8.98 Å². The molecule has 0 radical (unpaired) electrons. The standard InChI is InChI=1S/C37H22N4O/c1-2-11-23(12-3-1)39-29-17-7-8-18-30(29)41-31-22-21-26-24-13-4-6-16-28(24)40(35(26)34(31)38-37(39)41)32-19-10-15-27-25-14-5-9-20-33(25)42-36(27)32/h1-22H. The number of imidazole rings is 2. The third-order valence-electron chi connectivity index (χ3n) is 8.64. The van der Waals surface area contributed by atoms with Crippen LogP contribution in [-0.2, 0) is 0 Å². The minimum absolute atomic E-state index is 0.876. The number of aromatic nitrogens is 4. The lowest BCUT2D eigenvalue weighted by atomic mass is 10.1. The lowest BCUT2D eigenvalue weighted by Gasteiger charge is -2.09. The highest BCUT2D eigenvalue weighted by Gasteiger charge is 2.23. The summed E-state index contributed by atoms with van der Waals surface area (Å²) in [6, 6.07) is 46.8. The fourth-order valence-electron chi connectivity index (χ4n) is 6.91. The van der Waals surface area contributed by atoms with Gasteiger partial charge in [0.15, 0.2) is 5.58 Å². The number of para-hydroxylation sites is 6. The van der Waals surface area contributed by atoms with Crippen molar-refractivity contribution in [3.63, 3.8) is 0 Å². The van der Waals surface area contributed by atoms with Gasteiger partial charge in [-0.15, -0.1) is 0 Å². The second kappa shape index (κ2) is 7.89. The Morgan fingerprint density at radius 2 is 1.19 bits per heavy atom. The smallest absolute Gasteiger partial charge is 0.220 e. The van der Waals surface area contributed by atoms with Crippen molar-refractivity contribution in [3.05, 3.63) is 133 Å². The molecule has 0 aliphatic rings. The Bertz CT molecular complexity index is 2680. The Morgan fingerprint density at radius 3 is 2.07 bits per heavy atom. The molecule has 0 aliphatic heterocycles. The molecule has 5 heteroatoms. The molecule has 0 N–H and O–H groups in total. The van der Waals surface area contributed by atoms with E-state index in [2.05, 4.69) is 135 Å². The summed E-state index contributed by atoms with van der Waals surface area (Å²) in [5.74, 6) is 0.892. The summed E-state index contributed by atoms with van der Waals surface area (Å²) in [5.41, 5.74) is 10.4. The van der Waals surface area contributed by atoms with Crippen molar-refractivity contribution < 1.29 is 4.42 Å². The number of benzene rings is 6. The Balaban J connectivity index is 1.42. The van der Waals surface area contributed by atoms with Crippen LogP contribution in [0.3, 0.4) is 0 Å². The van der Waals surface area contributed by atoms with Crippen molar-refractivity contribution in [1.29, 1.82) is 0 Å². The van der Waals surface area contributed by atoms with Crippen LogP contribution in [0.4, 0.5) is 0 Å². The average molecular weight is 539 g/mol. The fourth-order valence-corrected chi connectivity index (χ4v) is 6.91. The largest absolute Gasteiger partial charge is 0.454 e. The second-order valence-corrected chi connectivity index (χ2v) is 10.8. The molecular weight excluding hydrogens is 516 g/mol. The summed E-state index contributed by atoms with van der Waals surface area (Å²) in [7, 11) is 0. The molecule has 4 heterocycles. The lowest BCUT2D eigenvalue weighted by molar-refractivity contribution is 0.666. The average Bonchev–Trinajstić information content (AvgIpc) is 3.78. The summed E-state index contributed by atoms with van der Waals surface area (Å²) in [6.07, 6.45) is 0. The van der Waals surface area contributed by atoms with Crippen molar-refractivity contribution >= 4 is 71.6 Å². The van der Waals surface area contributed by atoms with Crippen molar-refractivity contribution in [1.82, 2.24) is 18.5 Å². The molecule has 0 saturated heterocycles. The third-order valence-corrected chi connectivity index (χ3v) is 8.64. The molecular formula is C37H22N4O. The molecule has 0 fully saturated rings. The molecule has 0 atom stereocenters. The number of hydrogen-bond acceptors (Lipinski definition) is 2. The summed E-state index contributed by atoms with van der Waals surface area (Å²) in [5, 5.41) is 4.59. The predicted molar refractivity (Wildman–Crippen MR) is 171 cm³/mol. The summed E-state index contributed by atoms with van der Waals surface area (Å²) in [6.45, 7) is 0. The van der Waals surface area contributed by atoms with E-state index >= 15 is 0 Å². The minimum atomic E-state index is 0.876. The summed E-state index contributed by atoms with van der Waals surface area (Å²) >= 11 is 0. The van der Waals surface area contributed by atoms with Crippen molar-refractivity contribution in [2.45, 2.75) is 0 Å². The highest BCUT2D eigenvalue weighted by molar-refractivity contribution is 6.19. The van der Waals surface area contributed by atoms with Gasteiger partial charge in [0.05, 0.1) is 33.3 Å². The maximum Gasteiger partial charge on any atom is 0.220 e. The van der Waals surface area contributed by atoms with Gasteiger partial charge in [0.25, 0.3) is 0 Å². The molecule has 196 valence electrons. The molecule has 0 amide bonds. The predicted octanol–water partition coefficient (Wildman–Crippen LogP) is 9.43. The molecule has 0 unspecified atom stereocenters. The zero-order valence-corrected chi connectivity index (χ0v) is 22.4. The summed E-state index contributed by atoms with van der Waals surface area (Å²) in [4.78, 5) is 5.44. The first kappa shape index (κ1) is 21.9. The van der Waals surface area contributed by atoms with Crippen molar-refractivity contribution in [3.8, 4) is 11.4 Å². The maximum atomic E-state index is 6.55. The van der Waals surface area contributed by atoms with Gasteiger partial charge in [-0.3, -0.25) is 8.97 Å². The Morgan fingerprint density at radius 1 is 0.476 bits per heavy atom. The van der Waals surface area contributed by atoms with Gasteiger partial charge in [0, 0.05) is 27.2 Å². The van der Waals surface area contributed by atoms with Crippen LogP contribution in [0.25, 0.3) is 83.0 Å². The highest BCUT2D eigenvalue weighted by atomic mass is 16.3. The quantitative estimate of drug-likeness (QED) is 0.220. The first-order valence-corrected chi connectivity index (χ1v) is 14.2. The normalized spacial score (nSPS) is 12.3. The van der Waals surface area contributed by atoms with Crippen LogP contribution >= 0.6 is 0 Å². The van der Waals surface area contributed by atoms with Crippen LogP contribution in [0.2, 0.25) is 0 Å². The topological polar surface area (TPSA) is 40.3 Å². The van der Waals surface area contributed by atoms with Crippen LogP contribution in [0.1, 0.15) is 0 Å². The van der Waals surface area contributed by atoms with Gasteiger partial charge >= 0.3 is 0 Å². The Labute approximate surface area is 239 Å². The molecule has 4 aromatic heterocycles. The van der Waals surface area contributed by atoms with Gasteiger partial charge in [-0.25, -0.2) is 4.98 Å². The van der Waals surface area contributed by atoms with E-state index in [4.69, 9.17) is 9.40 Å². The van der Waals surface area contributed by atoms with E-state index in [-0.39, 0.29) is 0 Å². The van der Waals surface area contributed by atoms with Crippen molar-refractivity contribution in [2.75, 3.05) is 0 Å². The van der Waals surface area contributed by atoms with Crippen LogP contribution in [0.5, 0.6) is 0 Å². The number of furan rings is 1. The fraction of sp³-hybridized carbons (Fsp3) is 0. The van der Waals surface area contributed by atoms with Crippen LogP contribution < -0.4 is 0 Å². The third kappa shape index (κ3) is 2.70. The SMILES string of the molecule is c1ccc(-n2c3ccccc3n3c4ccc5c6ccccc6n(-c6cccc7c6oc6ccccc67)c5c4nc23)cc1. The second-order valence-electron chi connectivity index (χ2n) is 10.8.